The summed E-state index contributed by atoms with van der Waals surface area (Å²) in [5.74, 6) is -0.215. The molecule has 0 radical (unpaired) electrons. The molecular weight excluding hydrogens is 336 g/mol. The molecule has 0 unspecified atom stereocenters. The summed E-state index contributed by atoms with van der Waals surface area (Å²) in [6, 6.07) is 17.5. The normalized spacial score (nSPS) is 11.6. The zero-order valence-corrected chi connectivity index (χ0v) is 15.3. The van der Waals surface area contributed by atoms with Crippen LogP contribution < -0.4 is 5.32 Å². The molecule has 0 saturated carbocycles. The number of rotatable bonds is 7. The van der Waals surface area contributed by atoms with Crippen LogP contribution >= 0.6 is 11.6 Å². The maximum atomic E-state index is 12.7. The van der Waals surface area contributed by atoms with E-state index in [1.165, 1.54) is 0 Å². The molecule has 0 aliphatic carbocycles. The number of hydrogen-bond donors (Lipinski definition) is 1. The van der Waals surface area contributed by atoms with E-state index in [-0.39, 0.29) is 17.7 Å². The highest BCUT2D eigenvalue weighted by Gasteiger charge is 2.22. The van der Waals surface area contributed by atoms with Crippen molar-refractivity contribution in [2.24, 2.45) is 0 Å². The first-order valence-electron chi connectivity index (χ1n) is 8.27. The van der Waals surface area contributed by atoms with Crippen LogP contribution in [0, 0.1) is 0 Å². The van der Waals surface area contributed by atoms with Gasteiger partial charge in [-0.25, -0.2) is 0 Å². The number of halogens is 1. The quantitative estimate of drug-likeness (QED) is 0.824. The Balaban J connectivity index is 2.18. The molecule has 2 aromatic carbocycles. The van der Waals surface area contributed by atoms with Gasteiger partial charge in [0.05, 0.1) is 0 Å². The summed E-state index contributed by atoms with van der Waals surface area (Å²) in [6.45, 7) is 0.391. The molecular formula is C20H23ClN2O2. The molecule has 0 bridgehead atoms. The van der Waals surface area contributed by atoms with Gasteiger partial charge < -0.3 is 10.2 Å². The minimum Gasteiger partial charge on any atom is -0.359 e. The van der Waals surface area contributed by atoms with E-state index in [9.17, 15) is 9.59 Å². The van der Waals surface area contributed by atoms with Gasteiger partial charge in [-0.15, -0.1) is 0 Å². The number of hydrogen-bond acceptors (Lipinski definition) is 2. The van der Waals surface area contributed by atoms with Crippen molar-refractivity contribution in [3.05, 3.63) is 70.7 Å². The zero-order valence-electron chi connectivity index (χ0n) is 14.5. The van der Waals surface area contributed by atoms with Crippen molar-refractivity contribution in [2.45, 2.75) is 18.8 Å². The van der Waals surface area contributed by atoms with Gasteiger partial charge in [-0.05, 0) is 17.2 Å². The van der Waals surface area contributed by atoms with Crippen molar-refractivity contribution >= 4 is 23.4 Å². The molecule has 5 heteroatoms. The fourth-order valence-electron chi connectivity index (χ4n) is 2.70. The minimum absolute atomic E-state index is 0.0160. The van der Waals surface area contributed by atoms with Crippen LogP contribution in [0.4, 0.5) is 0 Å². The fourth-order valence-corrected chi connectivity index (χ4v) is 2.97. The lowest BCUT2D eigenvalue weighted by atomic mass is 9.88. The molecule has 0 aromatic heterocycles. The Labute approximate surface area is 153 Å². The first-order valence-corrected chi connectivity index (χ1v) is 8.64. The van der Waals surface area contributed by atoms with Crippen LogP contribution in [0.2, 0.25) is 5.02 Å². The van der Waals surface area contributed by atoms with Crippen LogP contribution in [0.5, 0.6) is 0 Å². The number of carbonyl (C=O) groups excluding carboxylic acids is 2. The lowest BCUT2D eigenvalue weighted by Crippen LogP contribution is -2.32. The fraction of sp³-hybridized carbons (Fsp3) is 0.300. The standard InChI is InChI=1S/C20H23ClN2O2/c1-22-19(24)12-13-23(2)20(25)14-17(15-8-4-3-5-9-15)16-10-6-7-11-18(16)21/h3-11,17H,12-14H2,1-2H3,(H,22,24)/t17-/m1/s1. The van der Waals surface area contributed by atoms with Crippen LogP contribution in [0.25, 0.3) is 0 Å². The Morgan fingerprint density at radius 1 is 1.08 bits per heavy atom. The SMILES string of the molecule is CNC(=O)CCN(C)C(=O)C[C@H](c1ccccc1)c1ccccc1Cl. The second-order valence-electron chi connectivity index (χ2n) is 5.93. The summed E-state index contributed by atoms with van der Waals surface area (Å²) in [7, 11) is 3.31. The smallest absolute Gasteiger partial charge is 0.223 e. The molecule has 0 aliphatic heterocycles. The molecule has 1 atom stereocenters. The first kappa shape index (κ1) is 19.0. The predicted octanol–water partition coefficient (Wildman–Crippen LogP) is 3.46. The van der Waals surface area contributed by atoms with Gasteiger partial charge in [0, 0.05) is 44.4 Å². The summed E-state index contributed by atoms with van der Waals surface area (Å²) in [5, 5.41) is 3.22. The van der Waals surface area contributed by atoms with Crippen LogP contribution in [-0.4, -0.2) is 37.4 Å². The Bertz CT molecular complexity index is 719. The molecule has 25 heavy (non-hydrogen) atoms. The van der Waals surface area contributed by atoms with E-state index in [4.69, 9.17) is 11.6 Å². The van der Waals surface area contributed by atoms with Crippen molar-refractivity contribution in [1.29, 1.82) is 0 Å². The molecule has 0 heterocycles. The Kier molecular flexibility index (Phi) is 7.02. The number of nitrogens with one attached hydrogen (secondary N) is 1. The number of nitrogens with zero attached hydrogens (tertiary/aromatic N) is 1. The molecule has 2 rings (SSSR count). The van der Waals surface area contributed by atoms with E-state index in [0.29, 0.717) is 24.4 Å². The molecule has 0 saturated heterocycles. The van der Waals surface area contributed by atoms with Crippen molar-refractivity contribution in [3.8, 4) is 0 Å². The van der Waals surface area contributed by atoms with E-state index in [1.807, 2.05) is 54.6 Å². The molecule has 132 valence electrons. The summed E-state index contributed by atoms with van der Waals surface area (Å²) >= 11 is 6.38. The topological polar surface area (TPSA) is 49.4 Å². The molecule has 4 nitrogen and oxygen atoms in total. The van der Waals surface area contributed by atoms with Crippen LogP contribution in [0.1, 0.15) is 29.9 Å². The molecule has 1 N–H and O–H groups in total. The van der Waals surface area contributed by atoms with E-state index < -0.39 is 0 Å². The van der Waals surface area contributed by atoms with Gasteiger partial charge in [-0.2, -0.15) is 0 Å². The second kappa shape index (κ2) is 9.23. The summed E-state index contributed by atoms with van der Waals surface area (Å²) in [5.41, 5.74) is 1.98. The van der Waals surface area contributed by atoms with Crippen LogP contribution in [0.3, 0.4) is 0 Å². The molecule has 0 fully saturated rings. The van der Waals surface area contributed by atoms with E-state index >= 15 is 0 Å². The van der Waals surface area contributed by atoms with E-state index in [2.05, 4.69) is 5.32 Å². The number of amides is 2. The molecule has 2 aromatic rings. The Morgan fingerprint density at radius 3 is 2.36 bits per heavy atom. The maximum absolute atomic E-state index is 12.7. The minimum atomic E-state index is -0.121. The first-order chi connectivity index (χ1) is 12.0. The van der Waals surface area contributed by atoms with Crippen molar-refractivity contribution in [3.63, 3.8) is 0 Å². The van der Waals surface area contributed by atoms with Crippen molar-refractivity contribution < 1.29 is 9.59 Å². The third kappa shape index (κ3) is 5.33. The van der Waals surface area contributed by atoms with E-state index in [0.717, 1.165) is 11.1 Å². The van der Waals surface area contributed by atoms with Crippen molar-refractivity contribution in [1.82, 2.24) is 10.2 Å². The van der Waals surface area contributed by atoms with Crippen LogP contribution in [0.15, 0.2) is 54.6 Å². The van der Waals surface area contributed by atoms with Gasteiger partial charge in [0.25, 0.3) is 0 Å². The second-order valence-corrected chi connectivity index (χ2v) is 6.33. The lowest BCUT2D eigenvalue weighted by molar-refractivity contribution is -0.130. The third-order valence-electron chi connectivity index (χ3n) is 4.24. The molecule has 2 amide bonds. The third-order valence-corrected chi connectivity index (χ3v) is 4.58. The summed E-state index contributed by atoms with van der Waals surface area (Å²) in [4.78, 5) is 25.6. The Morgan fingerprint density at radius 2 is 1.72 bits per heavy atom. The van der Waals surface area contributed by atoms with Gasteiger partial charge in [-0.1, -0.05) is 60.1 Å². The van der Waals surface area contributed by atoms with E-state index in [1.54, 1.807) is 19.0 Å². The van der Waals surface area contributed by atoms with Crippen molar-refractivity contribution in [2.75, 3.05) is 20.6 Å². The van der Waals surface area contributed by atoms with Gasteiger partial charge in [0.1, 0.15) is 0 Å². The van der Waals surface area contributed by atoms with Crippen LogP contribution in [-0.2, 0) is 9.59 Å². The highest BCUT2D eigenvalue weighted by molar-refractivity contribution is 6.31. The van der Waals surface area contributed by atoms with Gasteiger partial charge >= 0.3 is 0 Å². The van der Waals surface area contributed by atoms with Gasteiger partial charge in [0.15, 0.2) is 0 Å². The summed E-state index contributed by atoms with van der Waals surface area (Å²) < 4.78 is 0. The average Bonchev–Trinajstić information content (AvgIpc) is 2.65. The highest BCUT2D eigenvalue weighted by Crippen LogP contribution is 2.33. The van der Waals surface area contributed by atoms with Gasteiger partial charge in [0.2, 0.25) is 11.8 Å². The molecule has 0 aliphatic rings. The lowest BCUT2D eigenvalue weighted by Gasteiger charge is -2.23. The largest absolute Gasteiger partial charge is 0.359 e. The average molecular weight is 359 g/mol. The number of benzene rings is 2. The molecule has 0 spiro atoms. The highest BCUT2D eigenvalue weighted by atomic mass is 35.5. The zero-order chi connectivity index (χ0) is 18.2. The van der Waals surface area contributed by atoms with Gasteiger partial charge in [-0.3, -0.25) is 9.59 Å². The predicted molar refractivity (Wildman–Crippen MR) is 101 cm³/mol. The Hall–Kier alpha value is -2.33. The number of carbonyl (C=O) groups is 2. The maximum Gasteiger partial charge on any atom is 0.223 e. The monoisotopic (exact) mass is 358 g/mol. The summed E-state index contributed by atoms with van der Waals surface area (Å²) in [6.07, 6.45) is 0.596.